The van der Waals surface area contributed by atoms with Crippen molar-refractivity contribution < 1.29 is 28.6 Å². The number of carbonyl (C=O) groups excluding carboxylic acids is 3. The van der Waals surface area contributed by atoms with E-state index < -0.39 is 6.10 Å². The summed E-state index contributed by atoms with van der Waals surface area (Å²) < 4.78 is 16.6. The van der Waals surface area contributed by atoms with Crippen molar-refractivity contribution in [1.29, 1.82) is 0 Å². The first-order chi connectivity index (χ1) is 26.8. The van der Waals surface area contributed by atoms with Gasteiger partial charge in [-0.05, 0) is 31.1 Å². The van der Waals surface area contributed by atoms with Gasteiger partial charge < -0.3 is 14.2 Å². The maximum absolute atomic E-state index is 12.7. The maximum Gasteiger partial charge on any atom is 0.306 e. The smallest absolute Gasteiger partial charge is 0.306 e. The molecule has 0 rings (SSSR count). The molecule has 0 saturated carbocycles. The first-order valence-electron chi connectivity index (χ1n) is 24.3. The van der Waals surface area contributed by atoms with Gasteiger partial charge in [-0.25, -0.2) is 0 Å². The van der Waals surface area contributed by atoms with E-state index in [9.17, 15) is 14.4 Å². The van der Waals surface area contributed by atoms with E-state index in [1.807, 2.05) is 0 Å². The molecule has 0 aromatic carbocycles. The monoisotopic (exact) mass is 779 g/mol. The van der Waals surface area contributed by atoms with Crippen LogP contribution in [0.15, 0.2) is 0 Å². The summed E-state index contributed by atoms with van der Waals surface area (Å²) in [6, 6.07) is 0. The Morgan fingerprint density at radius 3 is 1.04 bits per heavy atom. The molecule has 0 fully saturated rings. The Hall–Kier alpha value is -1.59. The number of carbonyl (C=O) groups is 3. The van der Waals surface area contributed by atoms with Crippen molar-refractivity contribution >= 4 is 17.9 Å². The van der Waals surface area contributed by atoms with Gasteiger partial charge in [-0.15, -0.1) is 0 Å². The number of unbranched alkanes of at least 4 members (excludes halogenated alkanes) is 27. The van der Waals surface area contributed by atoms with Crippen molar-refractivity contribution in [2.24, 2.45) is 11.8 Å². The van der Waals surface area contributed by atoms with Crippen LogP contribution in [-0.2, 0) is 28.6 Å². The van der Waals surface area contributed by atoms with Crippen LogP contribution < -0.4 is 0 Å². The molecule has 55 heavy (non-hydrogen) atoms. The van der Waals surface area contributed by atoms with Gasteiger partial charge in [0, 0.05) is 19.3 Å². The van der Waals surface area contributed by atoms with Crippen molar-refractivity contribution in [3.63, 3.8) is 0 Å². The number of ether oxygens (including phenoxy) is 3. The molecule has 0 amide bonds. The molecule has 6 nitrogen and oxygen atoms in total. The summed E-state index contributed by atoms with van der Waals surface area (Å²) >= 11 is 0. The summed E-state index contributed by atoms with van der Waals surface area (Å²) in [4.78, 5) is 37.6. The van der Waals surface area contributed by atoms with Crippen LogP contribution in [0.2, 0.25) is 0 Å². The van der Waals surface area contributed by atoms with Crippen LogP contribution in [-0.4, -0.2) is 37.2 Å². The quantitative estimate of drug-likeness (QED) is 0.0348. The normalized spacial score (nSPS) is 12.5. The van der Waals surface area contributed by atoms with Crippen molar-refractivity contribution in [2.75, 3.05) is 13.2 Å². The van der Waals surface area contributed by atoms with Gasteiger partial charge in [0.2, 0.25) is 0 Å². The van der Waals surface area contributed by atoms with Crippen LogP contribution in [0, 0.1) is 11.8 Å². The van der Waals surface area contributed by atoms with E-state index >= 15 is 0 Å². The van der Waals surface area contributed by atoms with Crippen LogP contribution in [0.25, 0.3) is 0 Å². The van der Waals surface area contributed by atoms with E-state index in [2.05, 4.69) is 34.6 Å². The fourth-order valence-electron chi connectivity index (χ4n) is 7.25. The van der Waals surface area contributed by atoms with Gasteiger partial charge in [0.25, 0.3) is 0 Å². The summed E-state index contributed by atoms with van der Waals surface area (Å²) in [7, 11) is 0. The lowest BCUT2D eigenvalue weighted by Gasteiger charge is -2.18. The standard InChI is InChI=1S/C49H94O6/c1-6-8-9-27-34-39-47(50)53-42-46(55-49(52)41-36-31-26-22-18-14-15-19-23-28-32-37-44(3)4)43-54-48(51)40-35-30-25-21-17-13-11-10-12-16-20-24-29-33-38-45(5)7-2/h44-46H,6-43H2,1-5H3/t45?,46-/m1/s1. The average molecular weight is 779 g/mol. The molecule has 0 aliphatic rings. The van der Waals surface area contributed by atoms with Crippen molar-refractivity contribution in [3.05, 3.63) is 0 Å². The molecule has 0 saturated heterocycles. The molecule has 0 aliphatic heterocycles. The summed E-state index contributed by atoms with van der Waals surface area (Å²) in [5.74, 6) is 0.854. The minimum absolute atomic E-state index is 0.0652. The van der Waals surface area contributed by atoms with Gasteiger partial charge in [-0.1, -0.05) is 227 Å². The average Bonchev–Trinajstić information content (AvgIpc) is 3.17. The Morgan fingerprint density at radius 1 is 0.382 bits per heavy atom. The highest BCUT2D eigenvalue weighted by Crippen LogP contribution is 2.17. The molecular weight excluding hydrogens is 685 g/mol. The van der Waals surface area contributed by atoms with Crippen molar-refractivity contribution in [3.8, 4) is 0 Å². The van der Waals surface area contributed by atoms with Crippen LogP contribution in [0.4, 0.5) is 0 Å². The third-order valence-electron chi connectivity index (χ3n) is 11.3. The van der Waals surface area contributed by atoms with Gasteiger partial charge in [-0.2, -0.15) is 0 Å². The Bertz CT molecular complexity index is 841. The lowest BCUT2D eigenvalue weighted by Crippen LogP contribution is -2.30. The fourth-order valence-corrected chi connectivity index (χ4v) is 7.25. The highest BCUT2D eigenvalue weighted by molar-refractivity contribution is 5.71. The SMILES string of the molecule is CCCCCCCC(=O)OC[C@H](COC(=O)CCCCCCCCCCCCCCCCC(C)CC)OC(=O)CCCCCCCCCCCCCC(C)C. The highest BCUT2D eigenvalue weighted by atomic mass is 16.6. The maximum atomic E-state index is 12.7. The Labute approximate surface area is 342 Å². The number of rotatable bonds is 43. The van der Waals surface area contributed by atoms with Gasteiger partial charge >= 0.3 is 17.9 Å². The van der Waals surface area contributed by atoms with E-state index in [0.717, 1.165) is 76.0 Å². The van der Waals surface area contributed by atoms with Gasteiger partial charge in [0.05, 0.1) is 0 Å². The summed E-state index contributed by atoms with van der Waals surface area (Å²) in [5.41, 5.74) is 0. The second-order valence-corrected chi connectivity index (χ2v) is 17.5. The fraction of sp³-hybridized carbons (Fsp3) is 0.939. The lowest BCUT2D eigenvalue weighted by molar-refractivity contribution is -0.167. The molecular formula is C49H94O6. The number of hydrogen-bond donors (Lipinski definition) is 0. The molecule has 0 N–H and O–H groups in total. The molecule has 0 bridgehead atoms. The molecule has 0 spiro atoms. The third-order valence-corrected chi connectivity index (χ3v) is 11.3. The zero-order chi connectivity index (χ0) is 40.5. The molecule has 2 atom stereocenters. The van der Waals surface area contributed by atoms with Crippen molar-refractivity contribution in [1.82, 2.24) is 0 Å². The van der Waals surface area contributed by atoms with Gasteiger partial charge in [-0.3, -0.25) is 14.4 Å². The predicted molar refractivity (Wildman–Crippen MR) is 233 cm³/mol. The zero-order valence-electron chi connectivity index (χ0n) is 37.6. The topological polar surface area (TPSA) is 78.9 Å². The number of esters is 3. The summed E-state index contributed by atoms with van der Waals surface area (Å²) in [6.45, 7) is 11.3. The minimum Gasteiger partial charge on any atom is -0.462 e. The van der Waals surface area contributed by atoms with Gasteiger partial charge in [0.15, 0.2) is 6.10 Å². The Morgan fingerprint density at radius 2 is 0.691 bits per heavy atom. The second kappa shape index (κ2) is 42.0. The first-order valence-corrected chi connectivity index (χ1v) is 24.3. The molecule has 6 heteroatoms. The molecule has 0 heterocycles. The number of hydrogen-bond acceptors (Lipinski definition) is 6. The molecule has 326 valence electrons. The van der Waals surface area contributed by atoms with Crippen molar-refractivity contribution in [2.45, 2.75) is 272 Å². The molecule has 1 unspecified atom stereocenters. The first kappa shape index (κ1) is 53.4. The molecule has 0 aromatic rings. The van der Waals surface area contributed by atoms with E-state index in [1.54, 1.807) is 0 Å². The van der Waals surface area contributed by atoms with E-state index in [0.29, 0.717) is 19.3 Å². The molecule has 0 radical (unpaired) electrons. The summed E-state index contributed by atoms with van der Waals surface area (Å²) in [5, 5.41) is 0. The highest BCUT2D eigenvalue weighted by Gasteiger charge is 2.19. The van der Waals surface area contributed by atoms with E-state index in [1.165, 1.54) is 148 Å². The Kier molecular flexibility index (Phi) is 40.8. The van der Waals surface area contributed by atoms with Crippen LogP contribution >= 0.6 is 0 Å². The van der Waals surface area contributed by atoms with Gasteiger partial charge in [0.1, 0.15) is 13.2 Å². The van der Waals surface area contributed by atoms with E-state index in [4.69, 9.17) is 14.2 Å². The molecule has 0 aromatic heterocycles. The van der Waals surface area contributed by atoms with Crippen LogP contribution in [0.3, 0.4) is 0 Å². The van der Waals surface area contributed by atoms with Crippen LogP contribution in [0.5, 0.6) is 0 Å². The lowest BCUT2D eigenvalue weighted by atomic mass is 9.99. The largest absolute Gasteiger partial charge is 0.462 e. The minimum atomic E-state index is -0.759. The predicted octanol–water partition coefficient (Wildman–Crippen LogP) is 15.4. The Balaban J connectivity index is 4.13. The summed E-state index contributed by atoms with van der Waals surface area (Å²) in [6.07, 6.45) is 41.1. The zero-order valence-corrected chi connectivity index (χ0v) is 37.6. The molecule has 0 aliphatic carbocycles. The van der Waals surface area contributed by atoms with Crippen LogP contribution in [0.1, 0.15) is 266 Å². The van der Waals surface area contributed by atoms with E-state index in [-0.39, 0.29) is 31.1 Å². The second-order valence-electron chi connectivity index (χ2n) is 17.5. The third kappa shape index (κ3) is 41.9.